The van der Waals surface area contributed by atoms with Crippen LogP contribution in [0.4, 0.5) is 0 Å². The zero-order chi connectivity index (χ0) is 28.2. The zero-order valence-electron chi connectivity index (χ0n) is 25.9. The predicted octanol–water partition coefficient (Wildman–Crippen LogP) is 11.4. The van der Waals surface area contributed by atoms with Crippen LogP contribution in [-0.2, 0) is 9.53 Å². The lowest BCUT2D eigenvalue weighted by molar-refractivity contribution is -0.155. The van der Waals surface area contributed by atoms with Crippen molar-refractivity contribution >= 4 is 5.97 Å². The Morgan fingerprint density at radius 1 is 0.675 bits per heavy atom. The van der Waals surface area contributed by atoms with E-state index in [2.05, 4.69) is 62.4 Å². The lowest BCUT2D eigenvalue weighted by Crippen LogP contribution is -2.36. The fourth-order valence-electron chi connectivity index (χ4n) is 7.71. The Morgan fingerprint density at radius 2 is 1.18 bits per heavy atom. The minimum Gasteiger partial charge on any atom is -0.469 e. The molecule has 40 heavy (non-hydrogen) atoms. The normalized spacial score (nSPS) is 25.0. The third-order valence-corrected chi connectivity index (χ3v) is 10.5. The number of ether oxygens (including phenoxy) is 1. The summed E-state index contributed by atoms with van der Waals surface area (Å²) in [5, 5.41) is 0. The van der Waals surface area contributed by atoms with E-state index < -0.39 is 0 Å². The molecule has 0 aromatic heterocycles. The summed E-state index contributed by atoms with van der Waals surface area (Å²) in [4.78, 5) is 12.8. The Morgan fingerprint density at radius 3 is 1.70 bits per heavy atom. The number of carbonyl (C=O) groups is 1. The van der Waals surface area contributed by atoms with Gasteiger partial charge in [-0.05, 0) is 97.8 Å². The average molecular weight is 545 g/mol. The largest absolute Gasteiger partial charge is 0.469 e. The molecule has 4 rings (SSSR count). The van der Waals surface area contributed by atoms with Crippen LogP contribution in [0.25, 0.3) is 11.1 Å². The van der Waals surface area contributed by atoms with Crippen molar-refractivity contribution in [2.45, 2.75) is 141 Å². The van der Waals surface area contributed by atoms with Gasteiger partial charge in [-0.2, -0.15) is 0 Å². The smallest absolute Gasteiger partial charge is 0.311 e. The zero-order valence-corrected chi connectivity index (χ0v) is 25.9. The fraction of sp³-hybridized carbons (Fsp3) is 0.658. The van der Waals surface area contributed by atoms with Gasteiger partial charge in [-0.15, -0.1) is 0 Å². The second-order valence-electron chi connectivity index (χ2n) is 13.2. The van der Waals surface area contributed by atoms with Crippen molar-refractivity contribution in [2.24, 2.45) is 11.3 Å². The van der Waals surface area contributed by atoms with E-state index in [0.29, 0.717) is 5.92 Å². The van der Waals surface area contributed by atoms with E-state index in [9.17, 15) is 4.79 Å². The minimum atomic E-state index is -0.256. The number of rotatable bonds is 14. The Hall–Kier alpha value is -2.09. The minimum absolute atomic E-state index is 0.0280. The van der Waals surface area contributed by atoms with Gasteiger partial charge in [0.25, 0.3) is 0 Å². The molecule has 2 aromatic carbocycles. The Labute approximate surface area is 245 Å². The predicted molar refractivity (Wildman–Crippen MR) is 170 cm³/mol. The first kappa shape index (κ1) is 30.9. The first-order valence-electron chi connectivity index (χ1n) is 16.9. The first-order valence-corrected chi connectivity index (χ1v) is 16.9. The number of unbranched alkanes of at least 4 members (excludes halogenated alkanes) is 6. The van der Waals surface area contributed by atoms with Crippen molar-refractivity contribution in [1.29, 1.82) is 0 Å². The van der Waals surface area contributed by atoms with Crippen LogP contribution in [0.2, 0.25) is 0 Å². The number of methoxy groups -OCH3 is 1. The lowest BCUT2D eigenvalue weighted by Gasteiger charge is -2.38. The van der Waals surface area contributed by atoms with Gasteiger partial charge >= 0.3 is 5.97 Å². The molecule has 220 valence electrons. The van der Waals surface area contributed by atoms with Crippen LogP contribution >= 0.6 is 0 Å². The topological polar surface area (TPSA) is 26.3 Å². The van der Waals surface area contributed by atoms with E-state index in [0.717, 1.165) is 50.4 Å². The van der Waals surface area contributed by atoms with E-state index in [4.69, 9.17) is 4.74 Å². The van der Waals surface area contributed by atoms with Gasteiger partial charge in [0.1, 0.15) is 0 Å². The molecular formula is C38H56O2. The fourth-order valence-corrected chi connectivity index (χ4v) is 7.71. The molecule has 0 N–H and O–H groups in total. The van der Waals surface area contributed by atoms with Crippen molar-refractivity contribution in [3.63, 3.8) is 0 Å². The van der Waals surface area contributed by atoms with Gasteiger partial charge in [0.05, 0.1) is 12.5 Å². The van der Waals surface area contributed by atoms with Crippen LogP contribution in [-0.4, -0.2) is 13.1 Å². The Bertz CT molecular complexity index is 989. The molecule has 0 spiro atoms. The highest BCUT2D eigenvalue weighted by atomic mass is 16.5. The monoisotopic (exact) mass is 544 g/mol. The van der Waals surface area contributed by atoms with E-state index in [1.807, 2.05) is 0 Å². The summed E-state index contributed by atoms with van der Waals surface area (Å²) in [7, 11) is 1.57. The molecule has 2 aliphatic rings. The molecule has 2 saturated carbocycles. The highest BCUT2D eigenvalue weighted by Crippen LogP contribution is 2.47. The third-order valence-electron chi connectivity index (χ3n) is 10.5. The van der Waals surface area contributed by atoms with Gasteiger partial charge in [-0.3, -0.25) is 4.79 Å². The van der Waals surface area contributed by atoms with Gasteiger partial charge in [-0.25, -0.2) is 0 Å². The van der Waals surface area contributed by atoms with Crippen molar-refractivity contribution in [3.05, 3.63) is 59.7 Å². The maximum Gasteiger partial charge on any atom is 0.311 e. The third kappa shape index (κ3) is 8.23. The maximum absolute atomic E-state index is 12.8. The second-order valence-corrected chi connectivity index (χ2v) is 13.2. The van der Waals surface area contributed by atoms with E-state index in [-0.39, 0.29) is 11.4 Å². The molecule has 0 bridgehead atoms. The summed E-state index contributed by atoms with van der Waals surface area (Å²) in [5.41, 5.74) is 5.33. The van der Waals surface area contributed by atoms with E-state index in [1.165, 1.54) is 99.3 Å². The van der Waals surface area contributed by atoms with Gasteiger partial charge in [0, 0.05) is 0 Å². The molecule has 0 unspecified atom stereocenters. The molecule has 0 saturated heterocycles. The first-order chi connectivity index (χ1) is 19.6. The quantitative estimate of drug-likeness (QED) is 0.175. The standard InChI is InChI=1S/C38H56O2/c1-4-6-8-9-11-27-38(37(39)40-3)28-25-36(26-29-38)35-23-21-34(22-24-35)33-19-17-32(18-20-33)31-15-13-30(14-16-31)12-10-7-5-2/h17-24,30-31,36H,4-16,25-29H2,1-3H3/t30-,31-,36?,38?. The van der Waals surface area contributed by atoms with Crippen LogP contribution < -0.4 is 0 Å². The summed E-state index contributed by atoms with van der Waals surface area (Å²) >= 11 is 0. The maximum atomic E-state index is 12.8. The average Bonchev–Trinajstić information content (AvgIpc) is 3.01. The number of carbonyl (C=O) groups excluding carboxylic acids is 1. The van der Waals surface area contributed by atoms with Crippen molar-refractivity contribution in [1.82, 2.24) is 0 Å². The van der Waals surface area contributed by atoms with Gasteiger partial charge in [0.2, 0.25) is 0 Å². The Balaban J connectivity index is 1.28. The molecule has 2 heteroatoms. The molecule has 0 radical (unpaired) electrons. The molecule has 0 heterocycles. The van der Waals surface area contributed by atoms with Crippen molar-refractivity contribution in [2.75, 3.05) is 7.11 Å². The molecule has 0 aliphatic heterocycles. The van der Waals surface area contributed by atoms with Gasteiger partial charge in [-0.1, -0.05) is 120 Å². The van der Waals surface area contributed by atoms with Crippen molar-refractivity contribution < 1.29 is 9.53 Å². The van der Waals surface area contributed by atoms with Crippen LogP contribution in [0.15, 0.2) is 48.5 Å². The van der Waals surface area contributed by atoms with Crippen LogP contribution in [0, 0.1) is 11.3 Å². The van der Waals surface area contributed by atoms with Gasteiger partial charge < -0.3 is 4.74 Å². The molecule has 0 amide bonds. The van der Waals surface area contributed by atoms with Gasteiger partial charge in [0.15, 0.2) is 0 Å². The SMILES string of the molecule is CCCCCCCC1(C(=O)OC)CCC(c2ccc(-c3ccc([C@H]4CC[C@H](CCCCC)CC4)cc3)cc2)CC1. The number of esters is 1. The second kappa shape index (κ2) is 15.8. The summed E-state index contributed by atoms with van der Waals surface area (Å²) in [5.74, 6) is 2.29. The van der Waals surface area contributed by atoms with Crippen LogP contribution in [0.1, 0.15) is 152 Å². The molecule has 2 aromatic rings. The molecule has 0 atom stereocenters. The Kier molecular flexibility index (Phi) is 12.2. The van der Waals surface area contributed by atoms with E-state index >= 15 is 0 Å². The van der Waals surface area contributed by atoms with Crippen LogP contribution in [0.3, 0.4) is 0 Å². The van der Waals surface area contributed by atoms with E-state index in [1.54, 1.807) is 7.11 Å². The highest BCUT2D eigenvalue weighted by molar-refractivity contribution is 5.77. The van der Waals surface area contributed by atoms with Crippen molar-refractivity contribution in [3.8, 4) is 11.1 Å². The number of hydrogen-bond acceptors (Lipinski definition) is 2. The molecule has 2 fully saturated rings. The van der Waals surface area contributed by atoms with Crippen LogP contribution in [0.5, 0.6) is 0 Å². The summed E-state index contributed by atoms with van der Waals surface area (Å²) in [6.45, 7) is 4.56. The molecule has 2 nitrogen and oxygen atoms in total. The summed E-state index contributed by atoms with van der Waals surface area (Å²) in [6, 6.07) is 18.7. The number of benzene rings is 2. The molecular weight excluding hydrogens is 488 g/mol. The highest BCUT2D eigenvalue weighted by Gasteiger charge is 2.42. The number of hydrogen-bond donors (Lipinski definition) is 0. The summed E-state index contributed by atoms with van der Waals surface area (Å²) in [6.07, 6.45) is 22.5. The lowest BCUT2D eigenvalue weighted by atomic mass is 9.66. The summed E-state index contributed by atoms with van der Waals surface area (Å²) < 4.78 is 5.31. The molecule has 2 aliphatic carbocycles.